The third-order valence-corrected chi connectivity index (χ3v) is 4.51. The smallest absolute Gasteiger partial charge is 0.306 e. The number of ether oxygens (including phenoxy) is 2. The second kappa shape index (κ2) is 8.73. The monoisotopic (exact) mass is 384 g/mol. The van der Waals surface area contributed by atoms with Crippen LogP contribution in [-0.4, -0.2) is 31.3 Å². The van der Waals surface area contributed by atoms with Gasteiger partial charge in [0.1, 0.15) is 0 Å². The summed E-state index contributed by atoms with van der Waals surface area (Å²) in [6, 6.07) is 6.89. The number of hydrogen-bond acceptors (Lipinski definition) is 6. The fraction of sp³-hybridized carbons (Fsp3) is 0.235. The molecule has 0 N–H and O–H groups in total. The molecule has 132 valence electrons. The molecule has 0 fully saturated rings. The minimum Gasteiger partial charge on any atom is -0.494 e. The van der Waals surface area contributed by atoms with Gasteiger partial charge >= 0.3 is 5.97 Å². The Morgan fingerprint density at radius 1 is 1.12 bits per heavy atom. The van der Waals surface area contributed by atoms with Gasteiger partial charge < -0.3 is 9.47 Å². The van der Waals surface area contributed by atoms with Crippen molar-refractivity contribution >= 4 is 40.5 Å². The molecule has 1 aromatic heterocycles. The first kappa shape index (κ1) is 19.1. The summed E-state index contributed by atoms with van der Waals surface area (Å²) in [5.41, 5.74) is 0.0652. The van der Waals surface area contributed by atoms with E-state index in [1.165, 1.54) is 19.2 Å². The van der Waals surface area contributed by atoms with Gasteiger partial charge in [-0.15, -0.1) is 11.3 Å². The fourth-order valence-corrected chi connectivity index (χ4v) is 2.95. The van der Waals surface area contributed by atoms with Crippen LogP contribution in [0.25, 0.3) is 0 Å². The summed E-state index contributed by atoms with van der Waals surface area (Å²) >= 11 is 6.87. The SMILES string of the molecule is COc1ccc(C(=O)COC(=O)CCC(=O)c2ccc(Cl)s2)cc1F. The van der Waals surface area contributed by atoms with Crippen LogP contribution in [0.4, 0.5) is 4.39 Å². The first-order valence-electron chi connectivity index (χ1n) is 7.21. The van der Waals surface area contributed by atoms with Crippen molar-refractivity contribution in [1.82, 2.24) is 0 Å². The maximum Gasteiger partial charge on any atom is 0.306 e. The van der Waals surface area contributed by atoms with Crippen molar-refractivity contribution in [2.45, 2.75) is 12.8 Å². The summed E-state index contributed by atoms with van der Waals surface area (Å²) < 4.78 is 23.6. The van der Waals surface area contributed by atoms with E-state index in [2.05, 4.69) is 0 Å². The van der Waals surface area contributed by atoms with Crippen molar-refractivity contribution in [2.24, 2.45) is 0 Å². The van der Waals surface area contributed by atoms with E-state index in [0.29, 0.717) is 9.21 Å². The number of rotatable bonds is 8. The number of benzene rings is 1. The zero-order valence-electron chi connectivity index (χ0n) is 13.2. The Bertz CT molecular complexity index is 802. The van der Waals surface area contributed by atoms with Gasteiger partial charge in [0.25, 0.3) is 0 Å². The average molecular weight is 385 g/mol. The van der Waals surface area contributed by atoms with Crippen molar-refractivity contribution < 1.29 is 28.2 Å². The summed E-state index contributed by atoms with van der Waals surface area (Å²) in [5.74, 6) is -2.12. The Kier molecular flexibility index (Phi) is 6.66. The number of thiophene rings is 1. The number of carbonyl (C=O) groups excluding carboxylic acids is 3. The lowest BCUT2D eigenvalue weighted by atomic mass is 10.1. The topological polar surface area (TPSA) is 69.7 Å². The van der Waals surface area contributed by atoms with Crippen LogP contribution in [0.2, 0.25) is 4.34 Å². The molecule has 0 atom stereocenters. The van der Waals surface area contributed by atoms with Crippen molar-refractivity contribution in [3.8, 4) is 5.75 Å². The van der Waals surface area contributed by atoms with Crippen molar-refractivity contribution in [3.63, 3.8) is 0 Å². The minimum atomic E-state index is -0.682. The Morgan fingerprint density at radius 2 is 1.88 bits per heavy atom. The molecule has 2 rings (SSSR count). The first-order chi connectivity index (χ1) is 11.9. The molecule has 0 aliphatic rings. The number of Topliss-reactive ketones (excluding diaryl/α,β-unsaturated/α-hetero) is 2. The van der Waals surface area contributed by atoms with Gasteiger partial charge in [0.2, 0.25) is 0 Å². The summed E-state index contributed by atoms with van der Waals surface area (Å²) in [5, 5.41) is 0. The minimum absolute atomic E-state index is 0.0146. The van der Waals surface area contributed by atoms with Crippen LogP contribution >= 0.6 is 22.9 Å². The molecule has 0 radical (unpaired) electrons. The number of esters is 1. The predicted molar refractivity (Wildman–Crippen MR) is 91.1 cm³/mol. The van der Waals surface area contributed by atoms with Gasteiger partial charge in [-0.3, -0.25) is 14.4 Å². The second-order valence-electron chi connectivity index (χ2n) is 4.96. The van der Waals surface area contributed by atoms with Crippen LogP contribution in [0.1, 0.15) is 32.9 Å². The molecule has 0 saturated heterocycles. The molecule has 5 nitrogen and oxygen atoms in total. The van der Waals surface area contributed by atoms with Crippen molar-refractivity contribution in [1.29, 1.82) is 0 Å². The van der Waals surface area contributed by atoms with Crippen molar-refractivity contribution in [2.75, 3.05) is 13.7 Å². The fourth-order valence-electron chi connectivity index (χ4n) is 1.94. The van der Waals surface area contributed by atoms with E-state index in [-0.39, 0.29) is 29.9 Å². The molecule has 0 bridgehead atoms. The maximum absolute atomic E-state index is 13.6. The normalized spacial score (nSPS) is 10.4. The van der Waals surface area contributed by atoms with E-state index in [4.69, 9.17) is 21.1 Å². The Morgan fingerprint density at radius 3 is 2.48 bits per heavy atom. The summed E-state index contributed by atoms with van der Waals surface area (Å²) in [4.78, 5) is 35.8. The van der Waals surface area contributed by atoms with Crippen LogP contribution in [0, 0.1) is 5.82 Å². The highest BCUT2D eigenvalue weighted by Gasteiger charge is 2.15. The molecule has 8 heteroatoms. The largest absolute Gasteiger partial charge is 0.494 e. The number of halogens is 2. The molecule has 0 spiro atoms. The van der Waals surface area contributed by atoms with Crippen LogP contribution in [0.15, 0.2) is 30.3 Å². The molecule has 25 heavy (non-hydrogen) atoms. The highest BCUT2D eigenvalue weighted by Crippen LogP contribution is 2.23. The third-order valence-electron chi connectivity index (χ3n) is 3.24. The summed E-state index contributed by atoms with van der Waals surface area (Å²) in [7, 11) is 1.31. The molecular weight excluding hydrogens is 371 g/mol. The molecule has 0 amide bonds. The van der Waals surface area contributed by atoms with Crippen LogP contribution in [-0.2, 0) is 9.53 Å². The Labute approximate surface area is 152 Å². The van der Waals surface area contributed by atoms with Crippen molar-refractivity contribution in [3.05, 3.63) is 50.9 Å². The molecule has 1 aromatic carbocycles. The molecular formula is C17H14ClFO5S. The number of ketones is 2. The highest BCUT2D eigenvalue weighted by atomic mass is 35.5. The van der Waals surface area contributed by atoms with Gasteiger partial charge in [-0.25, -0.2) is 4.39 Å². The lowest BCUT2D eigenvalue weighted by molar-refractivity contribution is -0.142. The van der Waals surface area contributed by atoms with Gasteiger partial charge in [0.15, 0.2) is 29.7 Å². The summed E-state index contributed by atoms with van der Waals surface area (Å²) in [6.45, 7) is -0.524. The van der Waals surface area contributed by atoms with Gasteiger partial charge in [0, 0.05) is 12.0 Å². The van der Waals surface area contributed by atoms with Gasteiger partial charge in [-0.1, -0.05) is 11.6 Å². The number of methoxy groups -OCH3 is 1. The maximum atomic E-state index is 13.6. The zero-order chi connectivity index (χ0) is 18.4. The third kappa shape index (κ3) is 5.37. The average Bonchev–Trinajstić information content (AvgIpc) is 3.03. The summed E-state index contributed by atoms with van der Waals surface area (Å²) in [6.07, 6.45) is -0.195. The first-order valence-corrected chi connectivity index (χ1v) is 8.41. The molecule has 0 unspecified atom stereocenters. The molecule has 0 saturated carbocycles. The Balaban J connectivity index is 1.80. The van der Waals surface area contributed by atoms with Crippen LogP contribution in [0.5, 0.6) is 5.75 Å². The molecule has 2 aromatic rings. The second-order valence-corrected chi connectivity index (χ2v) is 6.68. The standard InChI is InChI=1S/C17H14ClFO5S/c1-23-14-4-2-10(8-11(14)19)13(21)9-24-17(22)7-3-12(20)15-5-6-16(18)25-15/h2,4-6,8H,3,7,9H2,1H3. The predicted octanol–water partition coefficient (Wildman–Crippen LogP) is 3.94. The number of hydrogen-bond donors (Lipinski definition) is 0. The van der Waals surface area contributed by atoms with E-state index in [9.17, 15) is 18.8 Å². The highest BCUT2D eigenvalue weighted by molar-refractivity contribution is 7.18. The molecule has 1 heterocycles. The quantitative estimate of drug-likeness (QED) is 0.509. The van der Waals surface area contributed by atoms with E-state index in [0.717, 1.165) is 17.4 Å². The zero-order valence-corrected chi connectivity index (χ0v) is 14.8. The van der Waals surface area contributed by atoms with E-state index >= 15 is 0 Å². The molecule has 0 aliphatic heterocycles. The van der Waals surface area contributed by atoms with Gasteiger partial charge in [-0.05, 0) is 30.3 Å². The number of carbonyl (C=O) groups is 3. The van der Waals surface area contributed by atoms with Crippen LogP contribution < -0.4 is 4.74 Å². The van der Waals surface area contributed by atoms with Gasteiger partial charge in [-0.2, -0.15) is 0 Å². The van der Waals surface area contributed by atoms with Gasteiger partial charge in [0.05, 0.1) is 22.7 Å². The van der Waals surface area contributed by atoms with E-state index in [1.807, 2.05) is 0 Å². The lowest BCUT2D eigenvalue weighted by Crippen LogP contribution is -2.15. The van der Waals surface area contributed by atoms with E-state index in [1.54, 1.807) is 12.1 Å². The Hall–Kier alpha value is -2.25. The lowest BCUT2D eigenvalue weighted by Gasteiger charge is -2.06. The molecule has 0 aliphatic carbocycles. The van der Waals surface area contributed by atoms with E-state index < -0.39 is 24.2 Å². The van der Waals surface area contributed by atoms with Crippen LogP contribution in [0.3, 0.4) is 0 Å².